The van der Waals surface area contributed by atoms with E-state index >= 15 is 0 Å². The number of aliphatic hydroxyl groups excluding tert-OH is 2. The standard InChI is InChI=1S/C20H27ClO4/c1-25-19(24)7-5-3-2-4-6-16-17(21)12-18(23)20(16)15-10-8-14(13-22)9-11-15/h2,4,8-11,16-18,20,22-23H,3,5-7,12-13H2,1H3/b4-2-/t16-,17+,18+,20+/m0/s1. The van der Waals surface area contributed by atoms with Crippen LogP contribution in [-0.2, 0) is 16.1 Å². The first kappa shape index (κ1) is 20.0. The Morgan fingerprint density at radius 1 is 1.32 bits per heavy atom. The molecule has 0 aromatic heterocycles. The number of allylic oxidation sites excluding steroid dienone is 2. The molecular formula is C20H27ClO4. The van der Waals surface area contributed by atoms with Gasteiger partial charge in [0.2, 0.25) is 0 Å². The van der Waals surface area contributed by atoms with Gasteiger partial charge in [0.25, 0.3) is 0 Å². The van der Waals surface area contributed by atoms with Gasteiger partial charge in [-0.3, -0.25) is 4.79 Å². The molecule has 5 heteroatoms. The van der Waals surface area contributed by atoms with Crippen LogP contribution in [0.3, 0.4) is 0 Å². The number of halogens is 1. The normalized spacial score (nSPS) is 26.2. The second-order valence-electron chi connectivity index (χ2n) is 6.58. The Morgan fingerprint density at radius 3 is 2.68 bits per heavy atom. The number of rotatable bonds is 8. The molecule has 0 aliphatic heterocycles. The maximum absolute atomic E-state index is 11.1. The predicted octanol–water partition coefficient (Wildman–Crippen LogP) is 3.54. The van der Waals surface area contributed by atoms with Crippen molar-refractivity contribution in [3.63, 3.8) is 0 Å². The van der Waals surface area contributed by atoms with Crippen LogP contribution >= 0.6 is 11.6 Å². The molecule has 4 nitrogen and oxygen atoms in total. The van der Waals surface area contributed by atoms with E-state index in [4.69, 9.17) is 16.7 Å². The van der Waals surface area contributed by atoms with Gasteiger partial charge >= 0.3 is 5.97 Å². The minimum absolute atomic E-state index is 0.00922. The van der Waals surface area contributed by atoms with Gasteiger partial charge in [-0.15, -0.1) is 11.6 Å². The van der Waals surface area contributed by atoms with E-state index in [1.54, 1.807) is 0 Å². The molecule has 0 heterocycles. The number of benzene rings is 1. The summed E-state index contributed by atoms with van der Waals surface area (Å²) >= 11 is 6.48. The summed E-state index contributed by atoms with van der Waals surface area (Å²) in [5.74, 6) is 0.00277. The average molecular weight is 367 g/mol. The zero-order valence-electron chi connectivity index (χ0n) is 14.6. The van der Waals surface area contributed by atoms with Gasteiger partial charge in [-0.05, 0) is 42.7 Å². The van der Waals surface area contributed by atoms with E-state index in [9.17, 15) is 9.90 Å². The summed E-state index contributed by atoms with van der Waals surface area (Å²) in [4.78, 5) is 11.1. The number of aliphatic hydroxyl groups is 2. The largest absolute Gasteiger partial charge is 0.469 e. The first-order valence-electron chi connectivity index (χ1n) is 8.80. The van der Waals surface area contributed by atoms with Gasteiger partial charge in [-0.2, -0.15) is 0 Å². The van der Waals surface area contributed by atoms with Gasteiger partial charge in [-0.25, -0.2) is 0 Å². The van der Waals surface area contributed by atoms with Crippen LogP contribution in [0.25, 0.3) is 0 Å². The number of carbonyl (C=O) groups is 1. The number of methoxy groups -OCH3 is 1. The van der Waals surface area contributed by atoms with Crippen molar-refractivity contribution in [3.05, 3.63) is 47.5 Å². The number of unbranched alkanes of at least 4 members (excludes halogenated alkanes) is 1. The van der Waals surface area contributed by atoms with Gasteiger partial charge in [0.05, 0.1) is 19.8 Å². The Labute approximate surface area is 154 Å². The highest BCUT2D eigenvalue weighted by atomic mass is 35.5. The third-order valence-electron chi connectivity index (χ3n) is 4.91. The smallest absolute Gasteiger partial charge is 0.305 e. The highest BCUT2D eigenvalue weighted by molar-refractivity contribution is 6.21. The second kappa shape index (κ2) is 9.95. The molecule has 138 valence electrons. The molecular weight excluding hydrogens is 340 g/mol. The average Bonchev–Trinajstić information content (AvgIpc) is 2.91. The van der Waals surface area contributed by atoms with Crippen molar-refractivity contribution in [1.82, 2.24) is 0 Å². The Balaban J connectivity index is 1.93. The summed E-state index contributed by atoms with van der Waals surface area (Å²) in [5.41, 5.74) is 1.93. The lowest BCUT2D eigenvalue weighted by molar-refractivity contribution is -0.140. The van der Waals surface area contributed by atoms with Crippen molar-refractivity contribution in [2.24, 2.45) is 5.92 Å². The second-order valence-corrected chi connectivity index (χ2v) is 7.14. The minimum atomic E-state index is -0.444. The molecule has 0 saturated heterocycles. The number of hydrogen-bond acceptors (Lipinski definition) is 4. The maximum atomic E-state index is 11.1. The van der Waals surface area contributed by atoms with Crippen LogP contribution in [0, 0.1) is 5.92 Å². The van der Waals surface area contributed by atoms with E-state index in [0.29, 0.717) is 12.8 Å². The fourth-order valence-corrected chi connectivity index (χ4v) is 3.95. The van der Waals surface area contributed by atoms with Crippen LogP contribution in [0.15, 0.2) is 36.4 Å². The van der Waals surface area contributed by atoms with Gasteiger partial charge in [0.15, 0.2) is 0 Å². The molecule has 1 aliphatic carbocycles. The molecule has 0 radical (unpaired) electrons. The quantitative estimate of drug-likeness (QED) is 0.319. The zero-order chi connectivity index (χ0) is 18.2. The number of esters is 1. The van der Waals surface area contributed by atoms with Crippen molar-refractivity contribution in [3.8, 4) is 0 Å². The van der Waals surface area contributed by atoms with Crippen LogP contribution in [0.5, 0.6) is 0 Å². The number of hydrogen-bond donors (Lipinski definition) is 2. The third-order valence-corrected chi connectivity index (χ3v) is 5.41. The SMILES string of the molecule is COC(=O)CCC/C=C\C[C@@H]1[C@@H](c2ccc(CO)cc2)[C@H](O)C[C@H]1Cl. The Kier molecular flexibility index (Phi) is 7.94. The van der Waals surface area contributed by atoms with Crippen molar-refractivity contribution >= 4 is 17.6 Å². The third kappa shape index (κ3) is 5.56. The summed E-state index contributed by atoms with van der Waals surface area (Å²) < 4.78 is 4.62. The monoisotopic (exact) mass is 366 g/mol. The Hall–Kier alpha value is -1.36. The van der Waals surface area contributed by atoms with Crippen LogP contribution in [0.2, 0.25) is 0 Å². The van der Waals surface area contributed by atoms with Crippen molar-refractivity contribution in [2.45, 2.75) is 56.1 Å². The van der Waals surface area contributed by atoms with Gasteiger partial charge in [0.1, 0.15) is 0 Å². The fourth-order valence-electron chi connectivity index (χ4n) is 3.51. The number of alkyl halides is 1. The van der Waals surface area contributed by atoms with E-state index in [-0.39, 0.29) is 29.8 Å². The molecule has 4 atom stereocenters. The molecule has 2 N–H and O–H groups in total. The summed E-state index contributed by atoms with van der Waals surface area (Å²) in [7, 11) is 1.40. The highest BCUT2D eigenvalue weighted by Crippen LogP contribution is 2.44. The Morgan fingerprint density at radius 2 is 2.04 bits per heavy atom. The minimum Gasteiger partial charge on any atom is -0.469 e. The number of carbonyl (C=O) groups excluding carboxylic acids is 1. The van der Waals surface area contributed by atoms with Gasteiger partial charge in [0, 0.05) is 17.7 Å². The summed E-state index contributed by atoms with van der Waals surface area (Å²) in [5, 5.41) is 19.5. The van der Waals surface area contributed by atoms with Crippen LogP contribution in [0.1, 0.15) is 49.1 Å². The molecule has 0 spiro atoms. The van der Waals surface area contributed by atoms with E-state index < -0.39 is 6.10 Å². The van der Waals surface area contributed by atoms with Gasteiger partial charge in [-0.1, -0.05) is 36.4 Å². The summed E-state index contributed by atoms with van der Waals surface area (Å²) in [6.07, 6.45) is 7.15. The molecule has 2 rings (SSSR count). The lowest BCUT2D eigenvalue weighted by Gasteiger charge is -2.23. The van der Waals surface area contributed by atoms with E-state index in [2.05, 4.69) is 16.9 Å². The first-order valence-corrected chi connectivity index (χ1v) is 9.24. The predicted molar refractivity (Wildman–Crippen MR) is 98.5 cm³/mol. The Bertz CT molecular complexity index is 570. The molecule has 1 aromatic carbocycles. The summed E-state index contributed by atoms with van der Waals surface area (Å²) in [6, 6.07) is 7.73. The molecule has 1 saturated carbocycles. The molecule has 0 unspecified atom stereocenters. The van der Waals surface area contributed by atoms with Crippen molar-refractivity contribution in [2.75, 3.05) is 7.11 Å². The lowest BCUT2D eigenvalue weighted by Crippen LogP contribution is -2.18. The lowest BCUT2D eigenvalue weighted by atomic mass is 9.85. The van der Waals surface area contributed by atoms with Crippen LogP contribution in [-0.4, -0.2) is 34.8 Å². The van der Waals surface area contributed by atoms with Crippen molar-refractivity contribution < 1.29 is 19.7 Å². The van der Waals surface area contributed by atoms with E-state index in [1.165, 1.54) is 7.11 Å². The molecule has 1 fully saturated rings. The number of ether oxygens (including phenoxy) is 1. The molecule has 25 heavy (non-hydrogen) atoms. The molecule has 0 bridgehead atoms. The van der Waals surface area contributed by atoms with Crippen LogP contribution in [0.4, 0.5) is 0 Å². The zero-order valence-corrected chi connectivity index (χ0v) is 15.4. The molecule has 1 aliphatic rings. The van der Waals surface area contributed by atoms with Crippen LogP contribution < -0.4 is 0 Å². The highest BCUT2D eigenvalue weighted by Gasteiger charge is 2.41. The molecule has 1 aromatic rings. The topological polar surface area (TPSA) is 66.8 Å². The van der Waals surface area contributed by atoms with Gasteiger partial charge < -0.3 is 14.9 Å². The first-order chi connectivity index (χ1) is 12.1. The maximum Gasteiger partial charge on any atom is 0.305 e. The van der Waals surface area contributed by atoms with E-state index in [1.807, 2.05) is 24.3 Å². The molecule has 0 amide bonds. The van der Waals surface area contributed by atoms with E-state index in [0.717, 1.165) is 30.4 Å². The van der Waals surface area contributed by atoms with Crippen molar-refractivity contribution in [1.29, 1.82) is 0 Å². The summed E-state index contributed by atoms with van der Waals surface area (Å²) in [6.45, 7) is 0.0172. The fraction of sp³-hybridized carbons (Fsp3) is 0.550.